The van der Waals surface area contributed by atoms with E-state index in [0.29, 0.717) is 12.3 Å². The van der Waals surface area contributed by atoms with Gasteiger partial charge in [-0.05, 0) is 46.2 Å². The predicted octanol–water partition coefficient (Wildman–Crippen LogP) is 2.44. The molecule has 5 heteroatoms. The molecular weight excluding hydrogens is 288 g/mol. The van der Waals surface area contributed by atoms with Gasteiger partial charge in [0.25, 0.3) is 0 Å². The maximum absolute atomic E-state index is 11.8. The molecule has 86 valence electrons. The van der Waals surface area contributed by atoms with E-state index in [-0.39, 0.29) is 5.91 Å². The molecule has 0 aromatic carbocycles. The number of rotatable bonds is 2. The molecule has 16 heavy (non-hydrogen) atoms. The van der Waals surface area contributed by atoms with Crippen molar-refractivity contribution < 1.29 is 4.79 Å². The molecule has 0 saturated carbocycles. The molecule has 1 aliphatic rings. The monoisotopic (exact) mass is 300 g/mol. The van der Waals surface area contributed by atoms with E-state index in [1.54, 1.807) is 11.1 Å². The van der Waals surface area contributed by atoms with Crippen molar-refractivity contribution in [3.63, 3.8) is 0 Å². The molecule has 1 atom stereocenters. The summed E-state index contributed by atoms with van der Waals surface area (Å²) >= 11 is 7.64. The highest BCUT2D eigenvalue weighted by molar-refractivity contribution is 9.10. The van der Waals surface area contributed by atoms with Crippen LogP contribution in [0.25, 0.3) is 0 Å². The number of amides is 1. The molecule has 1 aliphatic heterocycles. The molecule has 1 aromatic rings. The Bertz CT molecular complexity index is 424. The first-order valence-electron chi connectivity index (χ1n) is 5.15. The Kier molecular flexibility index (Phi) is 3.54. The lowest BCUT2D eigenvalue weighted by Crippen LogP contribution is -2.25. The summed E-state index contributed by atoms with van der Waals surface area (Å²) < 4.78 is 0.966. The zero-order valence-corrected chi connectivity index (χ0v) is 11.5. The predicted molar refractivity (Wildman–Crippen MR) is 71.0 cm³/mol. The summed E-state index contributed by atoms with van der Waals surface area (Å²) in [6, 6.07) is 1.93. The Hall–Kier alpha value is -0.550. The Morgan fingerprint density at radius 3 is 3.00 bits per heavy atom. The number of carbonyl (C=O) groups is 1. The highest BCUT2D eigenvalue weighted by atomic mass is 79.9. The van der Waals surface area contributed by atoms with Gasteiger partial charge in [0.1, 0.15) is 5.82 Å². The number of aromatic nitrogens is 1. The second-order valence-electron chi connectivity index (χ2n) is 4.05. The molecule has 0 bridgehead atoms. The molecule has 1 unspecified atom stereocenters. The van der Waals surface area contributed by atoms with E-state index in [9.17, 15) is 4.79 Å². The van der Waals surface area contributed by atoms with Crippen LogP contribution in [0.4, 0.5) is 5.82 Å². The number of halogens is 1. The van der Waals surface area contributed by atoms with Gasteiger partial charge >= 0.3 is 0 Å². The van der Waals surface area contributed by atoms with Crippen LogP contribution in [-0.4, -0.2) is 23.2 Å². The molecule has 1 saturated heterocycles. The molecule has 0 spiro atoms. The van der Waals surface area contributed by atoms with Gasteiger partial charge in [-0.3, -0.25) is 9.69 Å². The zero-order valence-electron chi connectivity index (χ0n) is 8.98. The lowest BCUT2D eigenvalue weighted by molar-refractivity contribution is -0.117. The van der Waals surface area contributed by atoms with Gasteiger partial charge in [0.15, 0.2) is 0 Å². The smallest absolute Gasteiger partial charge is 0.228 e. The van der Waals surface area contributed by atoms with E-state index in [4.69, 9.17) is 0 Å². The van der Waals surface area contributed by atoms with Crippen LogP contribution in [0.5, 0.6) is 0 Å². The number of hydrogen-bond donors (Lipinski definition) is 1. The average Bonchev–Trinajstić information content (AvgIpc) is 2.64. The Labute approximate surface area is 109 Å². The lowest BCUT2D eigenvalue weighted by Gasteiger charge is -2.16. The van der Waals surface area contributed by atoms with Crippen molar-refractivity contribution in [2.24, 2.45) is 5.92 Å². The second-order valence-corrected chi connectivity index (χ2v) is 5.27. The van der Waals surface area contributed by atoms with Gasteiger partial charge in [-0.25, -0.2) is 4.98 Å². The van der Waals surface area contributed by atoms with Gasteiger partial charge in [0, 0.05) is 23.6 Å². The first kappa shape index (κ1) is 11.9. The summed E-state index contributed by atoms with van der Waals surface area (Å²) in [5.41, 5.74) is 1.09. The van der Waals surface area contributed by atoms with Crippen LogP contribution < -0.4 is 4.90 Å². The minimum Gasteiger partial charge on any atom is -0.296 e. The van der Waals surface area contributed by atoms with Crippen molar-refractivity contribution in [2.75, 3.05) is 17.2 Å². The van der Waals surface area contributed by atoms with E-state index in [0.717, 1.165) is 28.2 Å². The molecule has 0 aliphatic carbocycles. The number of nitrogens with zero attached hydrogens (tertiary/aromatic N) is 2. The molecular formula is C11H13BrN2OS. The van der Waals surface area contributed by atoms with Crippen LogP contribution in [0.1, 0.15) is 12.0 Å². The SMILES string of the molecule is Cc1cc(N2CC(CS)CC2=O)ncc1Br. The largest absolute Gasteiger partial charge is 0.296 e. The quantitative estimate of drug-likeness (QED) is 0.851. The van der Waals surface area contributed by atoms with Gasteiger partial charge in [0.05, 0.1) is 0 Å². The minimum atomic E-state index is 0.147. The summed E-state index contributed by atoms with van der Waals surface area (Å²) in [7, 11) is 0. The third-order valence-corrected chi connectivity index (χ3v) is 4.12. The minimum absolute atomic E-state index is 0.147. The fourth-order valence-corrected chi connectivity index (χ4v) is 2.26. The normalized spacial score (nSPS) is 20.6. The second kappa shape index (κ2) is 4.75. The fraction of sp³-hybridized carbons (Fsp3) is 0.455. The third-order valence-electron chi connectivity index (χ3n) is 2.77. The zero-order chi connectivity index (χ0) is 11.7. The Morgan fingerprint density at radius 1 is 1.69 bits per heavy atom. The number of carbonyl (C=O) groups excluding carboxylic acids is 1. The highest BCUT2D eigenvalue weighted by Crippen LogP contribution is 2.26. The number of anilines is 1. The molecule has 1 aromatic heterocycles. The van der Waals surface area contributed by atoms with Crippen molar-refractivity contribution in [1.82, 2.24) is 4.98 Å². The van der Waals surface area contributed by atoms with Crippen LogP contribution >= 0.6 is 28.6 Å². The van der Waals surface area contributed by atoms with E-state index in [1.165, 1.54) is 0 Å². The third kappa shape index (κ3) is 2.25. The number of aryl methyl sites for hydroxylation is 1. The van der Waals surface area contributed by atoms with Gasteiger partial charge in [0.2, 0.25) is 5.91 Å². The first-order chi connectivity index (χ1) is 7.61. The van der Waals surface area contributed by atoms with Crippen LogP contribution in [0.15, 0.2) is 16.7 Å². The van der Waals surface area contributed by atoms with E-state index in [1.807, 2.05) is 13.0 Å². The molecule has 1 amide bonds. The molecule has 0 N–H and O–H groups in total. The van der Waals surface area contributed by atoms with Crippen LogP contribution in [0, 0.1) is 12.8 Å². The van der Waals surface area contributed by atoms with Crippen molar-refractivity contribution in [1.29, 1.82) is 0 Å². The summed E-state index contributed by atoms with van der Waals surface area (Å²) in [5.74, 6) is 1.99. The van der Waals surface area contributed by atoms with Crippen LogP contribution in [-0.2, 0) is 4.79 Å². The molecule has 2 rings (SSSR count). The number of pyridine rings is 1. The molecule has 3 nitrogen and oxygen atoms in total. The summed E-state index contributed by atoms with van der Waals surface area (Å²) in [6.45, 7) is 2.72. The van der Waals surface area contributed by atoms with Crippen LogP contribution in [0.2, 0.25) is 0 Å². The summed E-state index contributed by atoms with van der Waals surface area (Å²) in [6.07, 6.45) is 2.33. The van der Waals surface area contributed by atoms with E-state index < -0.39 is 0 Å². The van der Waals surface area contributed by atoms with Crippen molar-refractivity contribution in [3.05, 3.63) is 22.3 Å². The average molecular weight is 301 g/mol. The molecule has 0 radical (unpaired) electrons. The molecule has 2 heterocycles. The van der Waals surface area contributed by atoms with Gasteiger partial charge < -0.3 is 0 Å². The van der Waals surface area contributed by atoms with E-state index in [2.05, 4.69) is 33.5 Å². The number of hydrogen-bond acceptors (Lipinski definition) is 3. The van der Waals surface area contributed by atoms with Crippen molar-refractivity contribution >= 4 is 40.3 Å². The van der Waals surface area contributed by atoms with E-state index >= 15 is 0 Å². The Balaban J connectivity index is 2.24. The fourth-order valence-electron chi connectivity index (χ4n) is 1.80. The van der Waals surface area contributed by atoms with Gasteiger partial charge in [-0.1, -0.05) is 0 Å². The number of thiol groups is 1. The van der Waals surface area contributed by atoms with Crippen molar-refractivity contribution in [3.8, 4) is 0 Å². The topological polar surface area (TPSA) is 33.2 Å². The van der Waals surface area contributed by atoms with Gasteiger partial charge in [-0.2, -0.15) is 12.6 Å². The standard InChI is InChI=1S/C11H13BrN2OS/c1-7-2-10(13-4-9(7)12)14-5-8(6-16)3-11(14)15/h2,4,8,16H,3,5-6H2,1H3. The highest BCUT2D eigenvalue weighted by Gasteiger charge is 2.30. The summed E-state index contributed by atoms with van der Waals surface area (Å²) in [4.78, 5) is 17.8. The maximum Gasteiger partial charge on any atom is 0.228 e. The van der Waals surface area contributed by atoms with Gasteiger partial charge in [-0.15, -0.1) is 0 Å². The lowest BCUT2D eigenvalue weighted by atomic mass is 10.1. The first-order valence-corrected chi connectivity index (χ1v) is 6.57. The Morgan fingerprint density at radius 2 is 2.44 bits per heavy atom. The molecule has 1 fully saturated rings. The van der Waals surface area contributed by atoms with Crippen molar-refractivity contribution in [2.45, 2.75) is 13.3 Å². The van der Waals surface area contributed by atoms with Crippen LogP contribution in [0.3, 0.4) is 0 Å². The maximum atomic E-state index is 11.8. The summed E-state index contributed by atoms with van der Waals surface area (Å²) in [5, 5.41) is 0.